The number of carbonyl (C=O) groups is 1. The lowest BCUT2D eigenvalue weighted by Gasteiger charge is -2.27. The molecular formula is C16H19NO2. The highest BCUT2D eigenvalue weighted by Crippen LogP contribution is 2.28. The molecule has 1 aromatic rings. The third-order valence-corrected chi connectivity index (χ3v) is 3.78. The van der Waals surface area contributed by atoms with Crippen molar-refractivity contribution in [2.24, 2.45) is 0 Å². The van der Waals surface area contributed by atoms with Gasteiger partial charge in [0.05, 0.1) is 11.1 Å². The van der Waals surface area contributed by atoms with Gasteiger partial charge in [0.1, 0.15) is 12.4 Å². The number of ketones is 1. The number of carbonyl (C=O) groups excluding carboxylic acids is 1. The third kappa shape index (κ3) is 2.50. The summed E-state index contributed by atoms with van der Waals surface area (Å²) in [6.07, 6.45) is 5.74. The van der Waals surface area contributed by atoms with Gasteiger partial charge < -0.3 is 9.64 Å². The highest BCUT2D eigenvalue weighted by molar-refractivity contribution is 6.11. The van der Waals surface area contributed by atoms with Crippen LogP contribution in [0.2, 0.25) is 0 Å². The van der Waals surface area contributed by atoms with E-state index in [1.807, 2.05) is 31.3 Å². The first-order chi connectivity index (χ1) is 9.24. The molecule has 3 rings (SSSR count). The number of hydrogen-bond donors (Lipinski definition) is 0. The van der Waals surface area contributed by atoms with Crippen LogP contribution in [0, 0.1) is 6.92 Å². The fraction of sp³-hybridized carbons (Fsp3) is 0.438. The van der Waals surface area contributed by atoms with E-state index in [1.54, 1.807) is 0 Å². The lowest BCUT2D eigenvalue weighted by Crippen LogP contribution is -2.28. The van der Waals surface area contributed by atoms with Crippen molar-refractivity contribution in [3.05, 3.63) is 41.1 Å². The van der Waals surface area contributed by atoms with E-state index < -0.39 is 0 Å². The smallest absolute Gasteiger partial charge is 0.197 e. The Balaban J connectivity index is 1.86. The molecule has 0 atom stereocenters. The number of nitrogens with zero attached hydrogens (tertiary/aromatic N) is 1. The van der Waals surface area contributed by atoms with Crippen molar-refractivity contribution in [3.8, 4) is 5.75 Å². The molecular weight excluding hydrogens is 238 g/mol. The normalized spacial score (nSPS) is 21.2. The molecule has 1 fully saturated rings. The summed E-state index contributed by atoms with van der Waals surface area (Å²) in [6.45, 7) is 4.50. The van der Waals surface area contributed by atoms with E-state index in [1.165, 1.54) is 19.3 Å². The van der Waals surface area contributed by atoms with Crippen LogP contribution in [-0.2, 0) is 0 Å². The number of aryl methyl sites for hydroxylation is 1. The summed E-state index contributed by atoms with van der Waals surface area (Å²) in [6, 6.07) is 5.78. The number of fused-ring (bicyclic) bond motifs is 1. The summed E-state index contributed by atoms with van der Waals surface area (Å²) < 4.78 is 5.69. The molecule has 1 aromatic carbocycles. The Kier molecular flexibility index (Phi) is 3.28. The number of rotatable bonds is 1. The molecule has 1 saturated heterocycles. The Hall–Kier alpha value is -1.77. The van der Waals surface area contributed by atoms with Crippen LogP contribution >= 0.6 is 0 Å². The van der Waals surface area contributed by atoms with Gasteiger partial charge in [-0.05, 0) is 38.3 Å². The Morgan fingerprint density at radius 3 is 2.79 bits per heavy atom. The molecule has 2 heterocycles. The van der Waals surface area contributed by atoms with Gasteiger partial charge in [0.25, 0.3) is 0 Å². The van der Waals surface area contributed by atoms with E-state index in [-0.39, 0.29) is 5.78 Å². The average Bonchev–Trinajstić information content (AvgIpc) is 2.44. The summed E-state index contributed by atoms with van der Waals surface area (Å²) in [5.74, 6) is 0.835. The zero-order valence-corrected chi connectivity index (χ0v) is 11.3. The van der Waals surface area contributed by atoms with Gasteiger partial charge in [-0.25, -0.2) is 0 Å². The first kappa shape index (κ1) is 12.3. The zero-order chi connectivity index (χ0) is 13.2. The lowest BCUT2D eigenvalue weighted by atomic mass is 9.99. The van der Waals surface area contributed by atoms with Gasteiger partial charge in [0, 0.05) is 19.3 Å². The van der Waals surface area contributed by atoms with E-state index in [4.69, 9.17) is 4.74 Å². The van der Waals surface area contributed by atoms with Crippen LogP contribution in [0.4, 0.5) is 0 Å². The molecule has 0 N–H and O–H groups in total. The predicted octanol–water partition coefficient (Wildman–Crippen LogP) is 2.94. The molecule has 0 radical (unpaired) electrons. The van der Waals surface area contributed by atoms with Crippen LogP contribution < -0.4 is 4.74 Å². The van der Waals surface area contributed by atoms with Crippen LogP contribution in [0.25, 0.3) is 0 Å². The summed E-state index contributed by atoms with van der Waals surface area (Å²) in [5.41, 5.74) is 2.57. The summed E-state index contributed by atoms with van der Waals surface area (Å²) in [7, 11) is 0. The van der Waals surface area contributed by atoms with Crippen LogP contribution in [0.1, 0.15) is 35.2 Å². The van der Waals surface area contributed by atoms with Crippen molar-refractivity contribution in [2.75, 3.05) is 19.7 Å². The van der Waals surface area contributed by atoms with Gasteiger partial charge in [0.15, 0.2) is 5.78 Å². The van der Waals surface area contributed by atoms with E-state index >= 15 is 0 Å². The number of piperidine rings is 1. The standard InChI is InChI=1S/C16H19NO2/c1-12-5-6-15-14(9-12)16(18)13(11-19-15)10-17-7-3-2-4-8-17/h5-6,9-10H,2-4,7-8,11H2,1H3/b13-10+. The molecule has 19 heavy (non-hydrogen) atoms. The van der Waals surface area contributed by atoms with Crippen molar-refractivity contribution in [1.82, 2.24) is 4.90 Å². The fourth-order valence-electron chi connectivity index (χ4n) is 2.70. The Morgan fingerprint density at radius 2 is 2.00 bits per heavy atom. The van der Waals surface area contributed by atoms with Gasteiger partial charge in [0.2, 0.25) is 0 Å². The van der Waals surface area contributed by atoms with Gasteiger partial charge in [-0.15, -0.1) is 0 Å². The highest BCUT2D eigenvalue weighted by Gasteiger charge is 2.24. The van der Waals surface area contributed by atoms with Crippen molar-refractivity contribution in [2.45, 2.75) is 26.2 Å². The molecule has 0 bridgehead atoms. The maximum atomic E-state index is 12.5. The topological polar surface area (TPSA) is 29.5 Å². The van der Waals surface area contributed by atoms with Crippen LogP contribution in [0.5, 0.6) is 5.75 Å². The molecule has 0 spiro atoms. The van der Waals surface area contributed by atoms with Crippen LogP contribution in [0.15, 0.2) is 30.0 Å². The molecule has 0 aromatic heterocycles. The van der Waals surface area contributed by atoms with Gasteiger partial charge >= 0.3 is 0 Å². The molecule has 3 nitrogen and oxygen atoms in total. The van der Waals surface area contributed by atoms with Gasteiger partial charge in [-0.3, -0.25) is 4.79 Å². The van der Waals surface area contributed by atoms with E-state index in [2.05, 4.69) is 4.90 Å². The maximum Gasteiger partial charge on any atom is 0.197 e. The SMILES string of the molecule is Cc1ccc2c(c1)C(=O)/C(=C/N1CCCCC1)CO2. The Morgan fingerprint density at radius 1 is 1.21 bits per heavy atom. The van der Waals surface area contributed by atoms with Crippen LogP contribution in [-0.4, -0.2) is 30.4 Å². The fourth-order valence-corrected chi connectivity index (χ4v) is 2.70. The third-order valence-electron chi connectivity index (χ3n) is 3.78. The second-order valence-electron chi connectivity index (χ2n) is 5.37. The summed E-state index contributed by atoms with van der Waals surface area (Å²) in [4.78, 5) is 14.7. The first-order valence-corrected chi connectivity index (χ1v) is 6.97. The zero-order valence-electron chi connectivity index (χ0n) is 11.3. The van der Waals surface area contributed by atoms with Gasteiger partial charge in [-0.2, -0.15) is 0 Å². The molecule has 2 aliphatic heterocycles. The van der Waals surface area contributed by atoms with E-state index in [9.17, 15) is 4.79 Å². The second-order valence-corrected chi connectivity index (χ2v) is 5.37. The Labute approximate surface area is 113 Å². The van der Waals surface area contributed by atoms with Crippen molar-refractivity contribution >= 4 is 5.78 Å². The van der Waals surface area contributed by atoms with E-state index in [0.717, 1.165) is 24.2 Å². The minimum Gasteiger partial charge on any atom is -0.488 e. The minimum atomic E-state index is 0.121. The summed E-state index contributed by atoms with van der Waals surface area (Å²) >= 11 is 0. The molecule has 0 aliphatic carbocycles. The largest absolute Gasteiger partial charge is 0.488 e. The number of Topliss-reactive ketones (excluding diaryl/α,β-unsaturated/α-hetero) is 1. The quantitative estimate of drug-likeness (QED) is 0.724. The number of likely N-dealkylation sites (tertiary alicyclic amines) is 1. The second kappa shape index (κ2) is 5.08. The molecule has 0 saturated carbocycles. The molecule has 2 aliphatic rings. The lowest BCUT2D eigenvalue weighted by molar-refractivity contribution is 0.0995. The number of hydrogen-bond acceptors (Lipinski definition) is 3. The molecule has 0 unspecified atom stereocenters. The van der Waals surface area contributed by atoms with Crippen molar-refractivity contribution in [1.29, 1.82) is 0 Å². The monoisotopic (exact) mass is 257 g/mol. The highest BCUT2D eigenvalue weighted by atomic mass is 16.5. The van der Waals surface area contributed by atoms with Gasteiger partial charge in [-0.1, -0.05) is 11.6 Å². The summed E-state index contributed by atoms with van der Waals surface area (Å²) in [5, 5.41) is 0. The van der Waals surface area contributed by atoms with E-state index in [0.29, 0.717) is 17.9 Å². The first-order valence-electron chi connectivity index (χ1n) is 6.97. The van der Waals surface area contributed by atoms with Crippen LogP contribution in [0.3, 0.4) is 0 Å². The average molecular weight is 257 g/mol. The number of ether oxygens (including phenoxy) is 1. The van der Waals surface area contributed by atoms with Crippen molar-refractivity contribution < 1.29 is 9.53 Å². The molecule has 100 valence electrons. The number of benzene rings is 1. The van der Waals surface area contributed by atoms with Crippen molar-refractivity contribution in [3.63, 3.8) is 0 Å². The minimum absolute atomic E-state index is 0.121. The molecule has 3 heteroatoms. The predicted molar refractivity (Wildman–Crippen MR) is 74.5 cm³/mol. The Bertz CT molecular complexity index is 528. The molecule has 0 amide bonds. The maximum absolute atomic E-state index is 12.5.